The minimum absolute atomic E-state index is 0.0268. The van der Waals surface area contributed by atoms with Gasteiger partial charge in [-0.15, -0.1) is 11.3 Å². The van der Waals surface area contributed by atoms with E-state index < -0.39 is 6.04 Å². The molecule has 5 nitrogen and oxygen atoms in total. The van der Waals surface area contributed by atoms with Gasteiger partial charge in [-0.3, -0.25) is 14.4 Å². The number of benzene rings is 2. The van der Waals surface area contributed by atoms with E-state index in [0.29, 0.717) is 10.6 Å². The van der Waals surface area contributed by atoms with Crippen LogP contribution in [0, 0.1) is 6.92 Å². The summed E-state index contributed by atoms with van der Waals surface area (Å²) in [4.78, 5) is 42.9. The van der Waals surface area contributed by atoms with Crippen LogP contribution in [0.3, 0.4) is 0 Å². The van der Waals surface area contributed by atoms with Gasteiger partial charge in [-0.1, -0.05) is 54.1 Å². The van der Waals surface area contributed by atoms with E-state index in [1.165, 1.54) is 16.2 Å². The Morgan fingerprint density at radius 3 is 2.37 bits per heavy atom. The molecular formula is C24H22N2O3S. The van der Waals surface area contributed by atoms with Crippen LogP contribution in [0.2, 0.25) is 0 Å². The van der Waals surface area contributed by atoms with Crippen LogP contribution in [0.1, 0.15) is 40.2 Å². The fourth-order valence-corrected chi connectivity index (χ4v) is 4.47. The lowest BCUT2D eigenvalue weighted by molar-refractivity contribution is -0.122. The zero-order valence-corrected chi connectivity index (χ0v) is 17.6. The highest BCUT2D eigenvalue weighted by molar-refractivity contribution is 7.12. The second kappa shape index (κ2) is 8.24. The topological polar surface area (TPSA) is 57.7 Å². The molecule has 0 N–H and O–H groups in total. The largest absolute Gasteiger partial charge is 0.319 e. The molecule has 2 atom stereocenters. The molecule has 1 aliphatic rings. The predicted molar refractivity (Wildman–Crippen MR) is 117 cm³/mol. The van der Waals surface area contributed by atoms with Crippen molar-refractivity contribution in [2.45, 2.75) is 32.4 Å². The van der Waals surface area contributed by atoms with Crippen LogP contribution in [0.25, 0.3) is 0 Å². The van der Waals surface area contributed by atoms with Gasteiger partial charge in [0.15, 0.2) is 0 Å². The molecule has 0 bridgehead atoms. The van der Waals surface area contributed by atoms with Crippen molar-refractivity contribution < 1.29 is 14.4 Å². The Hall–Kier alpha value is -3.25. The lowest BCUT2D eigenvalue weighted by Crippen LogP contribution is -2.46. The lowest BCUT2D eigenvalue weighted by Gasteiger charge is -2.33. The fourth-order valence-electron chi connectivity index (χ4n) is 3.81. The monoisotopic (exact) mass is 418 g/mol. The van der Waals surface area contributed by atoms with Crippen LogP contribution >= 0.6 is 11.3 Å². The maximum atomic E-state index is 13.4. The third-order valence-electron chi connectivity index (χ3n) is 5.42. The Morgan fingerprint density at radius 1 is 1.03 bits per heavy atom. The molecule has 2 aromatic carbocycles. The second-order valence-electron chi connectivity index (χ2n) is 7.40. The molecule has 3 amide bonds. The summed E-state index contributed by atoms with van der Waals surface area (Å²) in [5, 5.41) is 1.83. The number of thiophene rings is 1. The van der Waals surface area contributed by atoms with E-state index in [0.717, 1.165) is 11.1 Å². The smallest absolute Gasteiger partial charge is 0.265 e. The number of hydrogen-bond acceptors (Lipinski definition) is 4. The van der Waals surface area contributed by atoms with Crippen LogP contribution in [0.5, 0.6) is 0 Å². The van der Waals surface area contributed by atoms with Crippen molar-refractivity contribution in [3.8, 4) is 0 Å². The number of amides is 3. The molecule has 3 aromatic rings. The Kier molecular flexibility index (Phi) is 5.50. The van der Waals surface area contributed by atoms with E-state index in [4.69, 9.17) is 0 Å². The minimum Gasteiger partial charge on any atom is -0.319 e. The van der Waals surface area contributed by atoms with Gasteiger partial charge < -0.3 is 4.90 Å². The van der Waals surface area contributed by atoms with E-state index in [9.17, 15) is 14.4 Å². The first-order chi connectivity index (χ1) is 14.5. The molecule has 2 heterocycles. The van der Waals surface area contributed by atoms with Crippen LogP contribution in [0.15, 0.2) is 72.1 Å². The van der Waals surface area contributed by atoms with Gasteiger partial charge in [0.25, 0.3) is 11.8 Å². The Labute approximate surface area is 179 Å². The van der Waals surface area contributed by atoms with Gasteiger partial charge in [-0.05, 0) is 43.0 Å². The summed E-state index contributed by atoms with van der Waals surface area (Å²) in [6.45, 7) is 3.84. The van der Waals surface area contributed by atoms with Crippen molar-refractivity contribution in [3.05, 3.63) is 88.1 Å². The molecule has 1 fully saturated rings. The minimum atomic E-state index is -0.844. The average Bonchev–Trinajstić information content (AvgIpc) is 3.39. The summed E-state index contributed by atoms with van der Waals surface area (Å²) >= 11 is 1.33. The molecule has 152 valence electrons. The molecule has 0 saturated carbocycles. The summed E-state index contributed by atoms with van der Waals surface area (Å²) in [6, 6.07) is 19.2. The van der Waals surface area contributed by atoms with E-state index in [1.807, 2.05) is 67.8 Å². The van der Waals surface area contributed by atoms with Crippen molar-refractivity contribution in [1.29, 1.82) is 0 Å². The molecule has 1 aliphatic heterocycles. The highest BCUT2D eigenvalue weighted by Gasteiger charge is 2.46. The SMILES string of the molecule is Cc1ccc(N2C(=O)CC(N(C(=O)c3cccs3)C(C)c3ccccc3)C2=O)cc1. The van der Waals surface area contributed by atoms with Crippen molar-refractivity contribution in [3.63, 3.8) is 0 Å². The third kappa shape index (κ3) is 3.66. The summed E-state index contributed by atoms with van der Waals surface area (Å²) in [5.74, 6) is -0.895. The van der Waals surface area contributed by atoms with Crippen molar-refractivity contribution in [2.75, 3.05) is 4.90 Å². The number of carbonyl (C=O) groups excluding carboxylic acids is 3. The number of carbonyl (C=O) groups is 3. The van der Waals surface area contributed by atoms with E-state index in [2.05, 4.69) is 0 Å². The Morgan fingerprint density at radius 2 is 1.73 bits per heavy atom. The zero-order chi connectivity index (χ0) is 21.3. The molecular weight excluding hydrogens is 396 g/mol. The molecule has 6 heteroatoms. The quantitative estimate of drug-likeness (QED) is 0.570. The first-order valence-corrected chi connectivity index (χ1v) is 10.7. The maximum Gasteiger partial charge on any atom is 0.265 e. The molecule has 0 aliphatic carbocycles. The molecule has 0 radical (unpaired) electrons. The predicted octanol–water partition coefficient (Wildman–Crippen LogP) is 4.59. The number of rotatable bonds is 5. The normalized spacial score (nSPS) is 17.3. The number of nitrogens with zero attached hydrogens (tertiary/aromatic N) is 2. The molecule has 4 rings (SSSR count). The Balaban J connectivity index is 1.71. The fraction of sp³-hybridized carbons (Fsp3) is 0.208. The molecule has 1 aromatic heterocycles. The summed E-state index contributed by atoms with van der Waals surface area (Å²) < 4.78 is 0. The standard InChI is InChI=1S/C24H22N2O3S/c1-16-10-12-19(13-11-16)26-22(27)15-20(23(26)28)25(24(29)21-9-6-14-30-21)17(2)18-7-4-3-5-8-18/h3-14,17,20H,15H2,1-2H3. The average molecular weight is 419 g/mol. The van der Waals surface area contributed by atoms with Crippen molar-refractivity contribution >= 4 is 34.7 Å². The van der Waals surface area contributed by atoms with Crippen LogP contribution in [0.4, 0.5) is 5.69 Å². The number of anilines is 1. The van der Waals surface area contributed by atoms with Gasteiger partial charge in [0.2, 0.25) is 5.91 Å². The lowest BCUT2D eigenvalue weighted by atomic mass is 10.0. The van der Waals surface area contributed by atoms with Gasteiger partial charge in [0.05, 0.1) is 23.0 Å². The van der Waals surface area contributed by atoms with Crippen LogP contribution in [-0.4, -0.2) is 28.7 Å². The van der Waals surface area contributed by atoms with Crippen molar-refractivity contribution in [1.82, 2.24) is 4.90 Å². The van der Waals surface area contributed by atoms with Crippen LogP contribution in [-0.2, 0) is 9.59 Å². The highest BCUT2D eigenvalue weighted by Crippen LogP contribution is 2.33. The van der Waals surface area contributed by atoms with E-state index >= 15 is 0 Å². The zero-order valence-electron chi connectivity index (χ0n) is 16.8. The molecule has 1 saturated heterocycles. The Bertz CT molecular complexity index is 1060. The number of hydrogen-bond donors (Lipinski definition) is 0. The van der Waals surface area contributed by atoms with Gasteiger partial charge in [-0.25, -0.2) is 4.90 Å². The summed E-state index contributed by atoms with van der Waals surface area (Å²) in [7, 11) is 0. The molecule has 0 spiro atoms. The van der Waals surface area contributed by atoms with Gasteiger partial charge in [-0.2, -0.15) is 0 Å². The van der Waals surface area contributed by atoms with Crippen molar-refractivity contribution in [2.24, 2.45) is 0 Å². The first-order valence-electron chi connectivity index (χ1n) is 9.82. The van der Waals surface area contributed by atoms with Gasteiger partial charge in [0.1, 0.15) is 6.04 Å². The molecule has 2 unspecified atom stereocenters. The number of imide groups is 1. The van der Waals surface area contributed by atoms with E-state index in [1.54, 1.807) is 23.1 Å². The summed E-state index contributed by atoms with van der Waals surface area (Å²) in [6.07, 6.45) is -0.0268. The van der Waals surface area contributed by atoms with Gasteiger partial charge in [0, 0.05) is 0 Å². The number of aryl methyl sites for hydroxylation is 1. The van der Waals surface area contributed by atoms with E-state index in [-0.39, 0.29) is 30.2 Å². The second-order valence-corrected chi connectivity index (χ2v) is 8.35. The maximum absolute atomic E-state index is 13.4. The van der Waals surface area contributed by atoms with Crippen LogP contribution < -0.4 is 4.90 Å². The first kappa shape index (κ1) is 20.0. The highest BCUT2D eigenvalue weighted by atomic mass is 32.1. The van der Waals surface area contributed by atoms with Gasteiger partial charge >= 0.3 is 0 Å². The third-order valence-corrected chi connectivity index (χ3v) is 6.27. The summed E-state index contributed by atoms with van der Waals surface area (Å²) in [5.41, 5.74) is 2.49. The molecule has 30 heavy (non-hydrogen) atoms.